The van der Waals surface area contributed by atoms with E-state index in [4.69, 9.17) is 0 Å². The van der Waals surface area contributed by atoms with Crippen molar-refractivity contribution < 1.29 is 17.9 Å². The Morgan fingerprint density at radius 1 is 1.21 bits per heavy atom. The third kappa shape index (κ3) is 2.89. The van der Waals surface area contributed by atoms with Gasteiger partial charge in [-0.2, -0.15) is 0 Å². The molecule has 2 aromatic heterocycles. The van der Waals surface area contributed by atoms with Crippen molar-refractivity contribution in [2.24, 2.45) is 0 Å². The van der Waals surface area contributed by atoms with Gasteiger partial charge >= 0.3 is 5.97 Å². The number of hydrogen-bond donors (Lipinski definition) is 2. The highest BCUT2D eigenvalue weighted by atomic mass is 32.2. The lowest BCUT2D eigenvalue weighted by Crippen LogP contribution is -2.18. The lowest BCUT2D eigenvalue weighted by Gasteiger charge is -2.06. The Labute approximate surface area is 138 Å². The number of esters is 1. The summed E-state index contributed by atoms with van der Waals surface area (Å²) in [6, 6.07) is 10.0. The Kier molecular flexibility index (Phi) is 4.08. The summed E-state index contributed by atoms with van der Waals surface area (Å²) >= 11 is 0. The SMILES string of the molecule is CNS(=O)(=O)c1cccc(-c2cnc3[nH]c(C(=O)OC)cc3c2)c1. The first kappa shape index (κ1) is 16.2. The van der Waals surface area contributed by atoms with E-state index >= 15 is 0 Å². The van der Waals surface area contributed by atoms with E-state index in [-0.39, 0.29) is 4.90 Å². The van der Waals surface area contributed by atoms with Gasteiger partial charge in [0.1, 0.15) is 11.3 Å². The molecule has 2 N–H and O–H groups in total. The third-order valence-corrected chi connectivity index (χ3v) is 5.03. The zero-order chi connectivity index (χ0) is 17.3. The Morgan fingerprint density at radius 2 is 2.00 bits per heavy atom. The molecule has 3 rings (SSSR count). The summed E-state index contributed by atoms with van der Waals surface area (Å²) in [6.45, 7) is 0. The van der Waals surface area contributed by atoms with Gasteiger partial charge in [-0.1, -0.05) is 12.1 Å². The lowest BCUT2D eigenvalue weighted by atomic mass is 10.1. The van der Waals surface area contributed by atoms with Gasteiger partial charge in [-0.3, -0.25) is 0 Å². The minimum absolute atomic E-state index is 0.173. The highest BCUT2D eigenvalue weighted by Gasteiger charge is 2.14. The minimum atomic E-state index is -3.52. The van der Waals surface area contributed by atoms with Crippen LogP contribution in [-0.2, 0) is 14.8 Å². The summed E-state index contributed by atoms with van der Waals surface area (Å²) in [5.74, 6) is -0.475. The number of carbonyl (C=O) groups excluding carboxylic acids is 1. The van der Waals surface area contributed by atoms with E-state index in [0.29, 0.717) is 16.9 Å². The van der Waals surface area contributed by atoms with Gasteiger partial charge in [0.15, 0.2) is 0 Å². The smallest absolute Gasteiger partial charge is 0.354 e. The average Bonchev–Trinajstić information content (AvgIpc) is 3.04. The first-order chi connectivity index (χ1) is 11.4. The highest BCUT2D eigenvalue weighted by Crippen LogP contribution is 2.25. The predicted octanol–water partition coefficient (Wildman–Crippen LogP) is 1.92. The Hall–Kier alpha value is -2.71. The van der Waals surface area contributed by atoms with Crippen molar-refractivity contribution in [1.82, 2.24) is 14.7 Å². The van der Waals surface area contributed by atoms with Crippen LogP contribution in [0.4, 0.5) is 0 Å². The largest absolute Gasteiger partial charge is 0.464 e. The third-order valence-electron chi connectivity index (χ3n) is 3.62. The Morgan fingerprint density at radius 3 is 2.71 bits per heavy atom. The van der Waals surface area contributed by atoms with Crippen LogP contribution in [0.2, 0.25) is 0 Å². The first-order valence-corrected chi connectivity index (χ1v) is 8.54. The van der Waals surface area contributed by atoms with Crippen molar-refractivity contribution in [1.29, 1.82) is 0 Å². The topological polar surface area (TPSA) is 101 Å². The molecule has 0 aliphatic rings. The van der Waals surface area contributed by atoms with E-state index in [1.807, 2.05) is 6.07 Å². The van der Waals surface area contributed by atoms with E-state index in [0.717, 1.165) is 10.9 Å². The molecule has 0 aliphatic carbocycles. The van der Waals surface area contributed by atoms with Crippen LogP contribution in [0.1, 0.15) is 10.5 Å². The number of methoxy groups -OCH3 is 1. The van der Waals surface area contributed by atoms with Gasteiger partial charge < -0.3 is 9.72 Å². The van der Waals surface area contributed by atoms with Crippen molar-refractivity contribution in [2.75, 3.05) is 14.2 Å². The second-order valence-electron chi connectivity index (χ2n) is 5.07. The number of sulfonamides is 1. The fourth-order valence-electron chi connectivity index (χ4n) is 2.35. The number of fused-ring (bicyclic) bond motifs is 1. The van der Waals surface area contributed by atoms with Crippen LogP contribution in [-0.4, -0.2) is 38.5 Å². The Balaban J connectivity index is 2.07. The Bertz CT molecular complexity index is 1020. The molecule has 0 spiro atoms. The minimum Gasteiger partial charge on any atom is -0.464 e. The number of pyridine rings is 1. The molecule has 8 heteroatoms. The molecule has 0 saturated carbocycles. The van der Waals surface area contributed by atoms with Crippen molar-refractivity contribution in [2.45, 2.75) is 4.90 Å². The number of hydrogen-bond acceptors (Lipinski definition) is 5. The number of H-pyrrole nitrogens is 1. The fourth-order valence-corrected chi connectivity index (χ4v) is 3.13. The zero-order valence-electron chi connectivity index (χ0n) is 13.0. The summed E-state index contributed by atoms with van der Waals surface area (Å²) in [7, 11) is -0.849. The lowest BCUT2D eigenvalue weighted by molar-refractivity contribution is 0.0595. The van der Waals surface area contributed by atoms with Crippen molar-refractivity contribution >= 4 is 27.0 Å². The molecule has 124 valence electrons. The van der Waals surface area contributed by atoms with Gasteiger partial charge in [0, 0.05) is 17.1 Å². The fraction of sp³-hybridized carbons (Fsp3) is 0.125. The molecule has 1 aromatic carbocycles. The summed E-state index contributed by atoms with van der Waals surface area (Å²) < 4.78 is 30.8. The molecule has 2 heterocycles. The zero-order valence-corrected chi connectivity index (χ0v) is 13.8. The van der Waals surface area contributed by atoms with E-state index in [9.17, 15) is 13.2 Å². The van der Waals surface area contributed by atoms with Crippen LogP contribution < -0.4 is 4.72 Å². The summed E-state index contributed by atoms with van der Waals surface area (Å²) in [5.41, 5.74) is 2.31. The summed E-state index contributed by atoms with van der Waals surface area (Å²) in [6.07, 6.45) is 1.62. The van der Waals surface area contributed by atoms with Gasteiger partial charge in [-0.25, -0.2) is 22.9 Å². The standard InChI is InChI=1S/C16H15N3O4S/c1-17-24(21,22)13-5-3-4-10(7-13)12-6-11-8-14(16(20)23-2)19-15(11)18-9-12/h3-9,17H,1-2H3,(H,18,19). The summed E-state index contributed by atoms with van der Waals surface area (Å²) in [5, 5.41) is 0.731. The van der Waals surface area contributed by atoms with E-state index < -0.39 is 16.0 Å². The second kappa shape index (κ2) is 6.06. The molecule has 0 amide bonds. The molecule has 0 bridgehead atoms. The molecule has 0 saturated heterocycles. The number of benzene rings is 1. The van der Waals surface area contributed by atoms with Crippen LogP contribution in [0, 0.1) is 0 Å². The monoisotopic (exact) mass is 345 g/mol. The molecule has 0 unspecified atom stereocenters. The molecular weight excluding hydrogens is 330 g/mol. The normalized spacial score (nSPS) is 11.6. The number of nitrogens with one attached hydrogen (secondary N) is 2. The average molecular weight is 345 g/mol. The van der Waals surface area contributed by atoms with Crippen molar-refractivity contribution in [3.05, 3.63) is 48.3 Å². The van der Waals surface area contributed by atoms with Crippen LogP contribution in [0.25, 0.3) is 22.2 Å². The van der Waals surface area contributed by atoms with Crippen molar-refractivity contribution in [3.8, 4) is 11.1 Å². The van der Waals surface area contributed by atoms with Crippen LogP contribution in [0.5, 0.6) is 0 Å². The van der Waals surface area contributed by atoms with Crippen LogP contribution >= 0.6 is 0 Å². The van der Waals surface area contributed by atoms with Crippen LogP contribution in [0.15, 0.2) is 47.5 Å². The molecule has 0 radical (unpaired) electrons. The molecule has 0 atom stereocenters. The number of aromatic amines is 1. The summed E-state index contributed by atoms with van der Waals surface area (Å²) in [4.78, 5) is 18.9. The molecule has 3 aromatic rings. The van der Waals surface area contributed by atoms with E-state index in [1.165, 1.54) is 20.2 Å². The number of ether oxygens (including phenoxy) is 1. The van der Waals surface area contributed by atoms with Crippen molar-refractivity contribution in [3.63, 3.8) is 0 Å². The first-order valence-electron chi connectivity index (χ1n) is 7.05. The predicted molar refractivity (Wildman–Crippen MR) is 89.1 cm³/mol. The van der Waals surface area contributed by atoms with E-state index in [2.05, 4.69) is 19.4 Å². The van der Waals surface area contributed by atoms with Crippen LogP contribution in [0.3, 0.4) is 0 Å². The number of carbonyl (C=O) groups is 1. The van der Waals surface area contributed by atoms with Gasteiger partial charge in [-0.05, 0) is 36.9 Å². The molecular formula is C16H15N3O4S. The van der Waals surface area contributed by atoms with Gasteiger partial charge in [0.05, 0.1) is 12.0 Å². The molecule has 0 aliphatic heterocycles. The quantitative estimate of drug-likeness (QED) is 0.704. The highest BCUT2D eigenvalue weighted by molar-refractivity contribution is 7.89. The van der Waals surface area contributed by atoms with Gasteiger partial charge in [-0.15, -0.1) is 0 Å². The number of nitrogens with zero attached hydrogens (tertiary/aromatic N) is 1. The maximum absolute atomic E-state index is 11.9. The number of rotatable bonds is 4. The molecule has 7 nitrogen and oxygen atoms in total. The van der Waals surface area contributed by atoms with Gasteiger partial charge in [0.2, 0.25) is 10.0 Å². The maximum atomic E-state index is 11.9. The van der Waals surface area contributed by atoms with E-state index in [1.54, 1.807) is 30.5 Å². The molecule has 0 fully saturated rings. The van der Waals surface area contributed by atoms with Gasteiger partial charge in [0.25, 0.3) is 0 Å². The maximum Gasteiger partial charge on any atom is 0.354 e. The second-order valence-corrected chi connectivity index (χ2v) is 6.96. The number of aromatic nitrogens is 2. The molecule has 24 heavy (non-hydrogen) atoms.